The van der Waals surface area contributed by atoms with E-state index in [1.165, 1.54) is 0 Å². The Bertz CT molecular complexity index is 122. The molecule has 9 heavy (non-hydrogen) atoms. The molecule has 0 heterocycles. The Labute approximate surface area is 64.7 Å². The summed E-state index contributed by atoms with van der Waals surface area (Å²) in [6.45, 7) is 2.80. The predicted molar refractivity (Wildman–Crippen MR) is 24.9 cm³/mol. The maximum Gasteiger partial charge on any atom is 1.00 e. The van der Waals surface area contributed by atoms with Gasteiger partial charge in [-0.25, -0.2) is 0 Å². The molecule has 0 aliphatic heterocycles. The summed E-state index contributed by atoms with van der Waals surface area (Å²) >= 11 is 0. The second-order valence-corrected chi connectivity index (χ2v) is 2.13. The van der Waals surface area contributed by atoms with Gasteiger partial charge in [-0.05, 0) is 0 Å². The van der Waals surface area contributed by atoms with Gasteiger partial charge in [-0.1, -0.05) is 6.08 Å². The van der Waals surface area contributed by atoms with Crippen LogP contribution in [0.1, 0.15) is 0 Å². The van der Waals surface area contributed by atoms with Crippen LogP contribution in [-0.2, 0) is 9.09 Å². The molecule has 0 saturated carbocycles. The van der Waals surface area contributed by atoms with Gasteiger partial charge in [0.1, 0.15) is 0 Å². The van der Waals surface area contributed by atoms with Gasteiger partial charge in [-0.15, -0.1) is 6.58 Å². The molecule has 0 bridgehead atoms. The molecule has 3 nitrogen and oxygen atoms in total. The van der Waals surface area contributed by atoms with Crippen LogP contribution >= 0.6 is 7.91 Å². The van der Waals surface area contributed by atoms with E-state index < -0.39 is 7.91 Å². The van der Waals surface area contributed by atoms with Crippen molar-refractivity contribution in [2.75, 3.05) is 6.61 Å². The summed E-state index contributed by atoms with van der Waals surface area (Å²) in [4.78, 5) is 9.48. The molecule has 0 aliphatic rings. The Hall–Kier alpha value is 0.417. The number of rotatable bonds is 3. The maximum absolute atomic E-state index is 11.3. The first-order valence-electron chi connectivity index (χ1n) is 1.82. The van der Waals surface area contributed by atoms with Crippen molar-refractivity contribution in [2.45, 2.75) is 0 Å². The van der Waals surface area contributed by atoms with E-state index >= 15 is 0 Å². The normalized spacial score (nSPS) is 15.3. The minimum absolute atomic E-state index is 0. The number of halogens is 1. The van der Waals surface area contributed by atoms with Crippen LogP contribution in [0.4, 0.5) is 4.20 Å². The third kappa shape index (κ3) is 11.8. The summed E-state index contributed by atoms with van der Waals surface area (Å²) < 4.78 is 24.4. The number of hydrogen-bond donors (Lipinski definition) is 0. The van der Waals surface area contributed by atoms with Gasteiger partial charge in [0.05, 0.1) is 6.61 Å². The van der Waals surface area contributed by atoms with Gasteiger partial charge in [-0.3, -0.25) is 4.57 Å². The van der Waals surface area contributed by atoms with Crippen LogP contribution in [0.15, 0.2) is 12.7 Å². The van der Waals surface area contributed by atoms with E-state index in [9.17, 15) is 13.7 Å². The first-order valence-corrected chi connectivity index (χ1v) is 3.26. The molecule has 0 fully saturated rings. The molecule has 0 aromatic rings. The van der Waals surface area contributed by atoms with E-state index in [4.69, 9.17) is 0 Å². The van der Waals surface area contributed by atoms with Gasteiger partial charge in [0.2, 0.25) is 0 Å². The van der Waals surface area contributed by atoms with Crippen molar-refractivity contribution < 1.29 is 37.0 Å². The smallest absolute Gasteiger partial charge is 0.753 e. The van der Waals surface area contributed by atoms with Gasteiger partial charge >= 0.3 is 26.8 Å². The van der Waals surface area contributed by atoms with Crippen molar-refractivity contribution in [3.05, 3.63) is 12.7 Å². The standard InChI is InChI=1S/C3H6FO3P.Li/c1-2-3-7-8(4,5)6;/h2H,1,3H2,(H,5,6);/q;+1/p-1. The van der Waals surface area contributed by atoms with Gasteiger partial charge in [-0.2, -0.15) is 4.20 Å². The van der Waals surface area contributed by atoms with Crippen LogP contribution in [0.25, 0.3) is 0 Å². The molecule has 48 valence electrons. The van der Waals surface area contributed by atoms with E-state index in [0.29, 0.717) is 0 Å². The van der Waals surface area contributed by atoms with Crippen LogP contribution < -0.4 is 23.8 Å². The van der Waals surface area contributed by atoms with Crippen LogP contribution in [0.2, 0.25) is 0 Å². The average Bonchev–Trinajstić information content (AvgIpc) is 1.59. The van der Waals surface area contributed by atoms with E-state index in [1.54, 1.807) is 0 Å². The van der Waals surface area contributed by atoms with Gasteiger partial charge in [0, 0.05) is 0 Å². The van der Waals surface area contributed by atoms with Crippen molar-refractivity contribution in [1.82, 2.24) is 0 Å². The molecule has 0 radical (unpaired) electrons. The minimum Gasteiger partial charge on any atom is -0.753 e. The van der Waals surface area contributed by atoms with Gasteiger partial charge < -0.3 is 9.42 Å². The zero-order valence-corrected chi connectivity index (χ0v) is 5.94. The molecule has 0 amide bonds. The van der Waals surface area contributed by atoms with Crippen LogP contribution in [0.3, 0.4) is 0 Å². The van der Waals surface area contributed by atoms with Crippen molar-refractivity contribution >= 4 is 7.91 Å². The SMILES string of the molecule is C=CCOP(=O)([O-])F.[Li+]. The minimum atomic E-state index is -5.00. The van der Waals surface area contributed by atoms with Crippen LogP contribution in [-0.4, -0.2) is 6.61 Å². The van der Waals surface area contributed by atoms with E-state index in [-0.39, 0.29) is 25.5 Å². The molecule has 1 atom stereocenters. The molecule has 0 aromatic carbocycles. The summed E-state index contributed by atoms with van der Waals surface area (Å²) in [6, 6.07) is 0. The zero-order valence-electron chi connectivity index (χ0n) is 5.04. The van der Waals surface area contributed by atoms with Gasteiger partial charge in [0.25, 0.3) is 0 Å². The second kappa shape index (κ2) is 5.22. The Balaban J connectivity index is 0. The topological polar surface area (TPSA) is 49.4 Å². The van der Waals surface area contributed by atoms with Crippen molar-refractivity contribution in [3.63, 3.8) is 0 Å². The molecule has 0 spiro atoms. The maximum atomic E-state index is 11.3. The van der Waals surface area contributed by atoms with Gasteiger partial charge in [0.15, 0.2) is 0 Å². The van der Waals surface area contributed by atoms with E-state index in [1.807, 2.05) is 0 Å². The van der Waals surface area contributed by atoms with Crippen molar-refractivity contribution in [1.29, 1.82) is 0 Å². The Morgan fingerprint density at radius 1 is 1.89 bits per heavy atom. The van der Waals surface area contributed by atoms with Crippen LogP contribution in [0, 0.1) is 0 Å². The Morgan fingerprint density at radius 2 is 2.33 bits per heavy atom. The molecule has 1 unspecified atom stereocenters. The summed E-state index contributed by atoms with van der Waals surface area (Å²) in [7, 11) is -5.00. The molecular weight excluding hydrogens is 141 g/mol. The van der Waals surface area contributed by atoms with E-state index in [2.05, 4.69) is 11.1 Å². The zero-order chi connectivity index (χ0) is 6.62. The Kier molecular flexibility index (Phi) is 7.04. The molecule has 0 aromatic heterocycles. The predicted octanol–water partition coefficient (Wildman–Crippen LogP) is -2.37. The summed E-state index contributed by atoms with van der Waals surface area (Å²) in [5, 5.41) is 0. The second-order valence-electron chi connectivity index (χ2n) is 1.02. The monoisotopic (exact) mass is 146 g/mol. The molecule has 0 aliphatic carbocycles. The third-order valence-corrected chi connectivity index (χ3v) is 0.804. The summed E-state index contributed by atoms with van der Waals surface area (Å²) in [5.74, 6) is 0. The first kappa shape index (κ1) is 12.1. The fourth-order valence-corrected chi connectivity index (χ4v) is 0.425. The van der Waals surface area contributed by atoms with Crippen molar-refractivity contribution in [3.8, 4) is 0 Å². The third-order valence-electron chi connectivity index (χ3n) is 0.347. The first-order chi connectivity index (χ1) is 3.56. The molecule has 6 heteroatoms. The van der Waals surface area contributed by atoms with Crippen LogP contribution in [0.5, 0.6) is 0 Å². The molecular formula is C3H5FLiO3P. The molecule has 0 N–H and O–H groups in total. The molecule has 0 rings (SSSR count). The molecule has 0 saturated heterocycles. The quantitative estimate of drug-likeness (QED) is 0.254. The largest absolute Gasteiger partial charge is 1.00 e. The van der Waals surface area contributed by atoms with E-state index in [0.717, 1.165) is 6.08 Å². The average molecular weight is 146 g/mol. The Morgan fingerprint density at radius 3 is 2.44 bits per heavy atom. The summed E-state index contributed by atoms with van der Waals surface area (Å²) in [5.41, 5.74) is 0. The van der Waals surface area contributed by atoms with Crippen molar-refractivity contribution in [2.24, 2.45) is 0 Å². The summed E-state index contributed by atoms with van der Waals surface area (Å²) in [6.07, 6.45) is 1.14. The fraction of sp³-hybridized carbons (Fsp3) is 0.333. The number of hydrogen-bond acceptors (Lipinski definition) is 3. The fourth-order valence-electron chi connectivity index (χ4n) is 0.142.